The lowest BCUT2D eigenvalue weighted by Gasteiger charge is -2.13. The molecule has 0 saturated carbocycles. The zero-order valence-corrected chi connectivity index (χ0v) is 10.6. The van der Waals surface area contributed by atoms with E-state index in [0.29, 0.717) is 34.6 Å². The number of nitriles is 1. The van der Waals surface area contributed by atoms with E-state index >= 15 is 0 Å². The van der Waals surface area contributed by atoms with Crippen molar-refractivity contribution in [1.82, 2.24) is 4.57 Å². The summed E-state index contributed by atoms with van der Waals surface area (Å²) in [7, 11) is 1.54. The van der Waals surface area contributed by atoms with Crippen LogP contribution in [-0.2, 0) is 6.54 Å². The van der Waals surface area contributed by atoms with Gasteiger partial charge in [-0.15, -0.1) is 0 Å². The van der Waals surface area contributed by atoms with Crippen molar-refractivity contribution in [2.45, 2.75) is 13.0 Å². The average molecular weight is 263 g/mol. The van der Waals surface area contributed by atoms with Crippen LogP contribution in [0, 0.1) is 11.3 Å². The van der Waals surface area contributed by atoms with Gasteiger partial charge in [0.25, 0.3) is 0 Å². The monoisotopic (exact) mass is 262 g/mol. The lowest BCUT2D eigenvalue weighted by atomic mass is 10.2. The summed E-state index contributed by atoms with van der Waals surface area (Å²) in [6.07, 6.45) is 2.01. The van der Waals surface area contributed by atoms with Crippen molar-refractivity contribution in [2.24, 2.45) is 0 Å². The van der Waals surface area contributed by atoms with E-state index in [4.69, 9.17) is 21.6 Å². The van der Waals surface area contributed by atoms with Crippen LogP contribution in [0.5, 0.6) is 5.75 Å². The minimum Gasteiger partial charge on any atom is -0.495 e. The van der Waals surface area contributed by atoms with E-state index in [-0.39, 0.29) is 5.43 Å². The van der Waals surface area contributed by atoms with E-state index in [9.17, 15) is 4.79 Å². The van der Waals surface area contributed by atoms with Crippen molar-refractivity contribution in [2.75, 3.05) is 7.11 Å². The molecule has 0 atom stereocenters. The highest BCUT2D eigenvalue weighted by Crippen LogP contribution is 2.29. The summed E-state index contributed by atoms with van der Waals surface area (Å²) in [6, 6.07) is 6.88. The van der Waals surface area contributed by atoms with E-state index in [1.54, 1.807) is 18.3 Å². The Labute approximate surface area is 109 Å². The van der Waals surface area contributed by atoms with Gasteiger partial charge in [0, 0.05) is 18.8 Å². The summed E-state index contributed by atoms with van der Waals surface area (Å²) < 4.78 is 7.07. The van der Waals surface area contributed by atoms with Crippen LogP contribution in [0.25, 0.3) is 10.9 Å². The molecule has 0 saturated heterocycles. The molecule has 0 unspecified atom stereocenters. The molecule has 0 N–H and O–H groups in total. The highest BCUT2D eigenvalue weighted by atomic mass is 35.5. The second-order valence-electron chi connectivity index (χ2n) is 3.75. The normalized spacial score (nSPS) is 10.3. The number of hydrogen-bond acceptors (Lipinski definition) is 3. The maximum atomic E-state index is 11.9. The zero-order chi connectivity index (χ0) is 13.1. The summed E-state index contributed by atoms with van der Waals surface area (Å²) in [5.74, 6) is 0.574. The number of nitrogens with zero attached hydrogens (tertiary/aromatic N) is 2. The molecule has 0 aliphatic carbocycles. The van der Waals surface area contributed by atoms with E-state index in [0.717, 1.165) is 0 Å². The van der Waals surface area contributed by atoms with Crippen LogP contribution < -0.4 is 10.2 Å². The van der Waals surface area contributed by atoms with Gasteiger partial charge in [0.15, 0.2) is 5.43 Å². The predicted octanol–water partition coefficient (Wildman–Crippen LogP) is 2.58. The van der Waals surface area contributed by atoms with Gasteiger partial charge in [-0.1, -0.05) is 11.6 Å². The van der Waals surface area contributed by atoms with Gasteiger partial charge >= 0.3 is 0 Å². The third-order valence-corrected chi connectivity index (χ3v) is 3.03. The third-order valence-electron chi connectivity index (χ3n) is 2.71. The van der Waals surface area contributed by atoms with Crippen molar-refractivity contribution in [3.05, 3.63) is 39.6 Å². The number of halogens is 1. The first kappa shape index (κ1) is 12.5. The number of methoxy groups -OCH3 is 1. The molecule has 5 heteroatoms. The van der Waals surface area contributed by atoms with Crippen LogP contribution in [0.1, 0.15) is 6.42 Å². The Morgan fingerprint density at radius 2 is 2.22 bits per heavy atom. The summed E-state index contributed by atoms with van der Waals surface area (Å²) in [5, 5.41) is 9.47. The Bertz CT molecular complexity index is 686. The van der Waals surface area contributed by atoms with Gasteiger partial charge in [0.1, 0.15) is 5.75 Å². The molecule has 0 bridgehead atoms. The van der Waals surface area contributed by atoms with Gasteiger partial charge in [-0.3, -0.25) is 4.79 Å². The largest absolute Gasteiger partial charge is 0.495 e. The fraction of sp³-hybridized carbons (Fsp3) is 0.231. The lowest BCUT2D eigenvalue weighted by Crippen LogP contribution is -2.09. The van der Waals surface area contributed by atoms with E-state index in [1.807, 2.05) is 4.57 Å². The lowest BCUT2D eigenvalue weighted by molar-refractivity contribution is 0.417. The predicted molar refractivity (Wildman–Crippen MR) is 70.0 cm³/mol. The highest BCUT2D eigenvalue weighted by molar-refractivity contribution is 6.35. The second-order valence-corrected chi connectivity index (χ2v) is 4.16. The topological polar surface area (TPSA) is 55.0 Å². The first-order chi connectivity index (χ1) is 8.69. The van der Waals surface area contributed by atoms with Crippen LogP contribution in [0.2, 0.25) is 5.02 Å². The smallest absolute Gasteiger partial charge is 0.191 e. The van der Waals surface area contributed by atoms with E-state index in [2.05, 4.69) is 6.07 Å². The Morgan fingerprint density at radius 3 is 2.89 bits per heavy atom. The highest BCUT2D eigenvalue weighted by Gasteiger charge is 2.11. The van der Waals surface area contributed by atoms with Crippen LogP contribution >= 0.6 is 11.6 Å². The number of aromatic nitrogens is 1. The van der Waals surface area contributed by atoms with Crippen molar-refractivity contribution in [3.8, 4) is 11.8 Å². The second kappa shape index (κ2) is 5.11. The third kappa shape index (κ3) is 2.05. The molecule has 0 aliphatic rings. The number of aryl methyl sites for hydroxylation is 1. The Morgan fingerprint density at radius 1 is 1.44 bits per heavy atom. The number of rotatable bonds is 3. The Kier molecular flexibility index (Phi) is 3.54. The molecule has 1 heterocycles. The molecule has 1 aromatic heterocycles. The first-order valence-corrected chi connectivity index (χ1v) is 5.79. The van der Waals surface area contributed by atoms with Gasteiger partial charge in [0.05, 0.1) is 35.5 Å². The molecule has 18 heavy (non-hydrogen) atoms. The number of pyridine rings is 1. The van der Waals surface area contributed by atoms with E-state index in [1.165, 1.54) is 13.2 Å². The molecule has 0 spiro atoms. The van der Waals surface area contributed by atoms with Gasteiger partial charge in [-0.2, -0.15) is 5.26 Å². The molecular formula is C13H11ClN2O2. The van der Waals surface area contributed by atoms with Crippen molar-refractivity contribution in [3.63, 3.8) is 0 Å². The molecule has 92 valence electrons. The van der Waals surface area contributed by atoms with Gasteiger partial charge < -0.3 is 9.30 Å². The Balaban J connectivity index is 2.81. The summed E-state index contributed by atoms with van der Waals surface area (Å²) in [4.78, 5) is 11.9. The molecule has 1 aromatic carbocycles. The van der Waals surface area contributed by atoms with Gasteiger partial charge in [-0.05, 0) is 12.1 Å². The van der Waals surface area contributed by atoms with Gasteiger partial charge in [0.2, 0.25) is 0 Å². The number of ether oxygens (including phenoxy) is 1. The van der Waals surface area contributed by atoms with Crippen LogP contribution in [-0.4, -0.2) is 11.7 Å². The number of hydrogen-bond donors (Lipinski definition) is 0. The van der Waals surface area contributed by atoms with Crippen molar-refractivity contribution in [1.29, 1.82) is 5.26 Å². The maximum Gasteiger partial charge on any atom is 0.191 e. The molecular weight excluding hydrogens is 252 g/mol. The molecule has 0 amide bonds. The molecule has 0 radical (unpaired) electrons. The minimum atomic E-state index is -0.151. The average Bonchev–Trinajstić information content (AvgIpc) is 2.38. The Hall–Kier alpha value is -1.99. The fourth-order valence-electron chi connectivity index (χ4n) is 1.90. The molecule has 0 fully saturated rings. The first-order valence-electron chi connectivity index (χ1n) is 5.41. The van der Waals surface area contributed by atoms with Crippen molar-refractivity contribution < 1.29 is 4.74 Å². The van der Waals surface area contributed by atoms with Crippen molar-refractivity contribution >= 4 is 22.5 Å². The van der Waals surface area contributed by atoms with E-state index < -0.39 is 0 Å². The van der Waals surface area contributed by atoms with Crippen LogP contribution in [0.3, 0.4) is 0 Å². The number of fused-ring (bicyclic) bond motifs is 1. The minimum absolute atomic E-state index is 0.151. The molecule has 2 rings (SSSR count). The summed E-state index contributed by atoms with van der Waals surface area (Å²) >= 11 is 6.06. The molecule has 0 aliphatic heterocycles. The van der Waals surface area contributed by atoms with Crippen LogP contribution in [0.15, 0.2) is 29.2 Å². The zero-order valence-electron chi connectivity index (χ0n) is 9.81. The number of benzene rings is 1. The quantitative estimate of drug-likeness (QED) is 0.854. The standard InChI is InChI=1S/C13H11ClN2O2/c1-18-11-4-3-9(14)12-10(17)5-8-16(13(11)12)7-2-6-15/h3-5,8H,2,7H2,1H3. The summed E-state index contributed by atoms with van der Waals surface area (Å²) in [6.45, 7) is 0.490. The summed E-state index contributed by atoms with van der Waals surface area (Å²) in [5.41, 5.74) is 0.481. The molecule has 2 aromatic rings. The van der Waals surface area contributed by atoms with Crippen LogP contribution in [0.4, 0.5) is 0 Å². The maximum absolute atomic E-state index is 11.9. The molecule has 4 nitrogen and oxygen atoms in total. The SMILES string of the molecule is COc1ccc(Cl)c2c(=O)ccn(CCC#N)c12. The van der Waals surface area contributed by atoms with Gasteiger partial charge in [-0.25, -0.2) is 0 Å². The fourth-order valence-corrected chi connectivity index (χ4v) is 2.15.